The molecule has 1 saturated heterocycles. The molecule has 2 fully saturated rings. The third kappa shape index (κ3) is 4.51. The van der Waals surface area contributed by atoms with Gasteiger partial charge >= 0.3 is 12.1 Å². The van der Waals surface area contributed by atoms with Gasteiger partial charge in [0.2, 0.25) is 5.91 Å². The molecule has 2 aromatic rings. The quantitative estimate of drug-likeness (QED) is 0.604. The Labute approximate surface area is 205 Å². The summed E-state index contributed by atoms with van der Waals surface area (Å²) in [6, 6.07) is 15.3. The zero-order valence-corrected chi connectivity index (χ0v) is 19.9. The molecule has 3 aliphatic rings. The number of hydrogen-bond donors (Lipinski definition) is 2. The first-order chi connectivity index (χ1) is 17.0. The maximum absolute atomic E-state index is 13.5. The van der Waals surface area contributed by atoms with Crippen LogP contribution in [-0.4, -0.2) is 52.7 Å². The van der Waals surface area contributed by atoms with Crippen LogP contribution in [0.25, 0.3) is 11.1 Å². The number of benzene rings is 2. The van der Waals surface area contributed by atoms with Crippen LogP contribution in [-0.2, 0) is 14.3 Å². The molecule has 1 unspecified atom stereocenters. The van der Waals surface area contributed by atoms with E-state index in [1.54, 1.807) is 0 Å². The van der Waals surface area contributed by atoms with Crippen molar-refractivity contribution >= 4 is 18.0 Å². The molecule has 1 spiro atoms. The number of carbonyl (C=O) groups excluding carboxylic acids is 2. The summed E-state index contributed by atoms with van der Waals surface area (Å²) >= 11 is 0. The highest BCUT2D eigenvalue weighted by Crippen LogP contribution is 2.45. The molecule has 0 radical (unpaired) electrons. The summed E-state index contributed by atoms with van der Waals surface area (Å²) in [5.41, 5.74) is 4.38. The molecule has 7 heteroatoms. The monoisotopic (exact) mass is 476 g/mol. The van der Waals surface area contributed by atoms with Gasteiger partial charge in [0.1, 0.15) is 12.6 Å². The van der Waals surface area contributed by atoms with Gasteiger partial charge in [-0.2, -0.15) is 0 Å². The molecule has 0 aromatic heterocycles. The minimum absolute atomic E-state index is 0.0466. The molecule has 35 heavy (non-hydrogen) atoms. The summed E-state index contributed by atoms with van der Waals surface area (Å²) in [6.45, 7) is 0.808. The van der Waals surface area contributed by atoms with Gasteiger partial charge < -0.3 is 20.1 Å². The van der Waals surface area contributed by atoms with E-state index in [4.69, 9.17) is 4.74 Å². The molecule has 184 valence electrons. The number of carbonyl (C=O) groups is 3. The molecule has 2 amide bonds. The zero-order chi connectivity index (χ0) is 24.4. The van der Waals surface area contributed by atoms with Gasteiger partial charge in [-0.05, 0) is 54.4 Å². The highest BCUT2D eigenvalue weighted by Gasteiger charge is 2.47. The van der Waals surface area contributed by atoms with Gasteiger partial charge in [-0.3, -0.25) is 9.59 Å². The average Bonchev–Trinajstić information content (AvgIpc) is 3.58. The van der Waals surface area contributed by atoms with Crippen molar-refractivity contribution in [2.75, 3.05) is 13.2 Å². The van der Waals surface area contributed by atoms with Crippen molar-refractivity contribution < 1.29 is 24.2 Å². The minimum Gasteiger partial charge on any atom is -0.481 e. The SMILES string of the molecule is O=C(O)CCC(NC(=O)OCC1c2ccccc2-c2ccccc21)C(=O)N1CCCC12CCCC2. The van der Waals surface area contributed by atoms with Crippen molar-refractivity contribution in [2.45, 2.75) is 68.9 Å². The lowest BCUT2D eigenvalue weighted by atomic mass is 9.93. The molecule has 2 N–H and O–H groups in total. The summed E-state index contributed by atoms with van der Waals surface area (Å²) < 4.78 is 5.64. The normalized spacial score (nSPS) is 18.8. The lowest BCUT2D eigenvalue weighted by molar-refractivity contribution is -0.139. The molecule has 0 bridgehead atoms. The van der Waals surface area contributed by atoms with Crippen LogP contribution in [0, 0.1) is 0 Å². The van der Waals surface area contributed by atoms with Crippen molar-refractivity contribution in [3.63, 3.8) is 0 Å². The van der Waals surface area contributed by atoms with E-state index in [1.807, 2.05) is 29.2 Å². The number of rotatable bonds is 7. The predicted molar refractivity (Wildman–Crippen MR) is 131 cm³/mol. The molecule has 5 rings (SSSR count). The smallest absolute Gasteiger partial charge is 0.407 e. The molecule has 1 heterocycles. The zero-order valence-electron chi connectivity index (χ0n) is 19.9. The summed E-state index contributed by atoms with van der Waals surface area (Å²) in [4.78, 5) is 39.5. The van der Waals surface area contributed by atoms with Crippen LogP contribution in [0.2, 0.25) is 0 Å². The Balaban J connectivity index is 1.27. The number of nitrogens with zero attached hydrogens (tertiary/aromatic N) is 1. The molecular formula is C28H32N2O5. The van der Waals surface area contributed by atoms with Crippen molar-refractivity contribution in [3.05, 3.63) is 59.7 Å². The van der Waals surface area contributed by atoms with Crippen LogP contribution >= 0.6 is 0 Å². The second kappa shape index (κ2) is 9.72. The summed E-state index contributed by atoms with van der Waals surface area (Å²) in [7, 11) is 0. The van der Waals surface area contributed by atoms with E-state index < -0.39 is 18.1 Å². The second-order valence-corrected chi connectivity index (χ2v) is 9.98. The Morgan fingerprint density at radius 3 is 2.20 bits per heavy atom. The third-order valence-corrected chi connectivity index (χ3v) is 7.98. The van der Waals surface area contributed by atoms with E-state index in [2.05, 4.69) is 29.6 Å². The third-order valence-electron chi connectivity index (χ3n) is 7.98. The molecule has 1 atom stereocenters. The molecular weight excluding hydrogens is 444 g/mol. The Hall–Kier alpha value is -3.35. The van der Waals surface area contributed by atoms with Crippen molar-refractivity contribution in [1.82, 2.24) is 10.2 Å². The predicted octanol–water partition coefficient (Wildman–Crippen LogP) is 4.69. The Kier molecular flexibility index (Phi) is 6.50. The second-order valence-electron chi connectivity index (χ2n) is 9.98. The minimum atomic E-state index is -0.992. The molecule has 1 aliphatic heterocycles. The van der Waals surface area contributed by atoms with Crippen LogP contribution < -0.4 is 5.32 Å². The fraction of sp³-hybridized carbons (Fsp3) is 0.464. The highest BCUT2D eigenvalue weighted by atomic mass is 16.5. The Morgan fingerprint density at radius 2 is 1.57 bits per heavy atom. The first kappa shape index (κ1) is 23.4. The number of likely N-dealkylation sites (tertiary alicyclic amines) is 1. The van der Waals surface area contributed by atoms with Crippen molar-refractivity contribution in [2.24, 2.45) is 0 Å². The van der Waals surface area contributed by atoms with Gasteiger partial charge in [-0.25, -0.2) is 4.79 Å². The average molecular weight is 477 g/mol. The fourth-order valence-corrected chi connectivity index (χ4v) is 6.33. The van der Waals surface area contributed by atoms with E-state index in [-0.39, 0.29) is 36.8 Å². The van der Waals surface area contributed by atoms with Gasteiger partial charge in [0.05, 0.1) is 0 Å². The number of amides is 2. The van der Waals surface area contributed by atoms with E-state index in [1.165, 1.54) is 0 Å². The number of nitrogens with one attached hydrogen (secondary N) is 1. The van der Waals surface area contributed by atoms with Crippen LogP contribution in [0.1, 0.15) is 68.4 Å². The fourth-order valence-electron chi connectivity index (χ4n) is 6.33. The maximum atomic E-state index is 13.5. The lowest BCUT2D eigenvalue weighted by Crippen LogP contribution is -2.54. The number of hydrogen-bond acceptors (Lipinski definition) is 4. The van der Waals surface area contributed by atoms with E-state index >= 15 is 0 Å². The van der Waals surface area contributed by atoms with Crippen LogP contribution in [0.3, 0.4) is 0 Å². The first-order valence-corrected chi connectivity index (χ1v) is 12.6. The van der Waals surface area contributed by atoms with Crippen molar-refractivity contribution in [3.8, 4) is 11.1 Å². The van der Waals surface area contributed by atoms with Gasteiger partial charge in [0.25, 0.3) is 0 Å². The summed E-state index contributed by atoms with van der Waals surface area (Å²) in [5.74, 6) is -1.25. The summed E-state index contributed by atoms with van der Waals surface area (Å²) in [6.07, 6.45) is 5.26. The highest BCUT2D eigenvalue weighted by molar-refractivity contribution is 5.87. The van der Waals surface area contributed by atoms with E-state index in [0.29, 0.717) is 6.54 Å². The molecule has 2 aromatic carbocycles. The summed E-state index contributed by atoms with van der Waals surface area (Å²) in [5, 5.41) is 11.9. The number of aliphatic carboxylic acids is 1. The number of ether oxygens (including phenoxy) is 1. The van der Waals surface area contributed by atoms with E-state index in [0.717, 1.165) is 60.8 Å². The first-order valence-electron chi connectivity index (χ1n) is 12.6. The van der Waals surface area contributed by atoms with Gasteiger partial charge in [0, 0.05) is 24.4 Å². The Bertz CT molecular complexity index is 1070. The number of carboxylic acid groups (broad SMARTS) is 1. The number of alkyl carbamates (subject to hydrolysis) is 1. The Morgan fingerprint density at radius 1 is 0.971 bits per heavy atom. The van der Waals surface area contributed by atoms with Gasteiger partial charge in [-0.1, -0.05) is 61.4 Å². The number of carboxylic acids is 1. The van der Waals surface area contributed by atoms with Gasteiger partial charge in [-0.15, -0.1) is 0 Å². The molecule has 7 nitrogen and oxygen atoms in total. The lowest BCUT2D eigenvalue weighted by Gasteiger charge is -2.37. The van der Waals surface area contributed by atoms with Crippen LogP contribution in [0.15, 0.2) is 48.5 Å². The number of fused-ring (bicyclic) bond motifs is 3. The molecule has 1 saturated carbocycles. The van der Waals surface area contributed by atoms with Gasteiger partial charge in [0.15, 0.2) is 0 Å². The topological polar surface area (TPSA) is 95.9 Å². The van der Waals surface area contributed by atoms with Crippen LogP contribution in [0.4, 0.5) is 4.79 Å². The largest absolute Gasteiger partial charge is 0.481 e. The molecule has 2 aliphatic carbocycles. The maximum Gasteiger partial charge on any atom is 0.407 e. The van der Waals surface area contributed by atoms with Crippen molar-refractivity contribution in [1.29, 1.82) is 0 Å². The van der Waals surface area contributed by atoms with Crippen LogP contribution in [0.5, 0.6) is 0 Å². The standard InChI is InChI=1S/C28H32N2O5/c31-25(32)13-12-24(26(33)30-17-7-16-28(30)14-5-6-15-28)29-27(34)35-18-23-21-10-3-1-8-19(21)20-9-2-4-11-22(20)23/h1-4,8-11,23-24H,5-7,12-18H2,(H,29,34)(H,31,32). The van der Waals surface area contributed by atoms with E-state index in [9.17, 15) is 19.5 Å².